The molecule has 0 spiro atoms. The smallest absolute Gasteiger partial charge is 0.251 e. The molecule has 1 fully saturated rings. The molecule has 122 valence electrons. The number of benzene rings is 1. The molecule has 0 unspecified atom stereocenters. The lowest BCUT2D eigenvalue weighted by Gasteiger charge is -2.26. The fraction of sp³-hybridized carbons (Fsp3) is 0.421. The molecule has 0 saturated carbocycles. The number of carbonyl (C=O) groups excluding carboxylic acids is 1. The van der Waals surface area contributed by atoms with Gasteiger partial charge in [-0.25, -0.2) is 0 Å². The molecular weight excluding hydrogens is 288 g/mol. The highest BCUT2D eigenvalue weighted by Gasteiger charge is 2.26. The van der Waals surface area contributed by atoms with E-state index in [1.165, 1.54) is 12.8 Å². The van der Waals surface area contributed by atoms with Gasteiger partial charge in [-0.1, -0.05) is 17.7 Å². The average molecular weight is 312 g/mol. The van der Waals surface area contributed by atoms with Gasteiger partial charge < -0.3 is 9.73 Å². The average Bonchev–Trinajstić information content (AvgIpc) is 3.20. The zero-order chi connectivity index (χ0) is 16.2. The van der Waals surface area contributed by atoms with Crippen molar-refractivity contribution in [2.75, 3.05) is 19.6 Å². The molecule has 23 heavy (non-hydrogen) atoms. The Hall–Kier alpha value is -2.07. The highest BCUT2D eigenvalue weighted by Crippen LogP contribution is 2.26. The van der Waals surface area contributed by atoms with Crippen molar-refractivity contribution < 1.29 is 9.21 Å². The van der Waals surface area contributed by atoms with Gasteiger partial charge in [0.25, 0.3) is 5.91 Å². The number of likely N-dealkylation sites (tertiary alicyclic amines) is 1. The van der Waals surface area contributed by atoms with E-state index < -0.39 is 0 Å². The van der Waals surface area contributed by atoms with E-state index in [9.17, 15) is 4.79 Å². The van der Waals surface area contributed by atoms with Gasteiger partial charge in [0, 0.05) is 12.1 Å². The van der Waals surface area contributed by atoms with Crippen LogP contribution in [-0.2, 0) is 0 Å². The fourth-order valence-electron chi connectivity index (χ4n) is 3.17. The Kier molecular flexibility index (Phi) is 4.82. The van der Waals surface area contributed by atoms with Gasteiger partial charge >= 0.3 is 0 Å². The lowest BCUT2D eigenvalue weighted by Crippen LogP contribution is -2.36. The molecule has 1 aromatic carbocycles. The van der Waals surface area contributed by atoms with Crippen LogP contribution in [0.15, 0.2) is 40.8 Å². The van der Waals surface area contributed by atoms with Crippen LogP contribution >= 0.6 is 0 Å². The Balaban J connectivity index is 1.70. The van der Waals surface area contributed by atoms with Gasteiger partial charge in [-0.05, 0) is 64.0 Å². The molecular formula is C19H24N2O2. The second-order valence-corrected chi connectivity index (χ2v) is 6.29. The first-order valence-electron chi connectivity index (χ1n) is 8.29. The van der Waals surface area contributed by atoms with Crippen molar-refractivity contribution in [3.05, 3.63) is 59.0 Å². The van der Waals surface area contributed by atoms with Gasteiger partial charge in [0.15, 0.2) is 0 Å². The molecule has 1 atom stereocenters. The number of nitrogens with zero attached hydrogens (tertiary/aromatic N) is 1. The zero-order valence-corrected chi connectivity index (χ0v) is 13.8. The van der Waals surface area contributed by atoms with Crippen LogP contribution in [0.5, 0.6) is 0 Å². The quantitative estimate of drug-likeness (QED) is 0.919. The summed E-state index contributed by atoms with van der Waals surface area (Å²) in [5.74, 6) is 1.82. The minimum absolute atomic E-state index is 0.0267. The largest absolute Gasteiger partial charge is 0.465 e. The van der Waals surface area contributed by atoms with E-state index in [2.05, 4.69) is 10.2 Å². The molecule has 1 aliphatic rings. The molecule has 1 amide bonds. The maximum atomic E-state index is 12.4. The first-order chi connectivity index (χ1) is 11.1. The fourth-order valence-corrected chi connectivity index (χ4v) is 3.17. The molecule has 1 aliphatic heterocycles. The Morgan fingerprint density at radius 1 is 1.22 bits per heavy atom. The summed E-state index contributed by atoms with van der Waals surface area (Å²) in [6.45, 7) is 6.64. The number of aryl methyl sites for hydroxylation is 2. The van der Waals surface area contributed by atoms with Crippen LogP contribution in [0.2, 0.25) is 0 Å². The topological polar surface area (TPSA) is 45.5 Å². The Bertz CT molecular complexity index is 672. The minimum Gasteiger partial charge on any atom is -0.465 e. The van der Waals surface area contributed by atoms with Crippen molar-refractivity contribution in [1.29, 1.82) is 0 Å². The predicted molar refractivity (Wildman–Crippen MR) is 90.5 cm³/mol. The summed E-state index contributed by atoms with van der Waals surface area (Å²) in [7, 11) is 0. The molecule has 0 bridgehead atoms. The monoisotopic (exact) mass is 312 g/mol. The van der Waals surface area contributed by atoms with Crippen LogP contribution in [0.25, 0.3) is 0 Å². The summed E-state index contributed by atoms with van der Waals surface area (Å²) in [6.07, 6.45) is 2.42. The third-order valence-electron chi connectivity index (χ3n) is 4.41. The molecule has 4 heteroatoms. The maximum absolute atomic E-state index is 12.4. The van der Waals surface area contributed by atoms with Crippen molar-refractivity contribution in [1.82, 2.24) is 10.2 Å². The van der Waals surface area contributed by atoms with Crippen molar-refractivity contribution in [2.24, 2.45) is 0 Å². The highest BCUT2D eigenvalue weighted by atomic mass is 16.3. The van der Waals surface area contributed by atoms with Crippen molar-refractivity contribution in [3.8, 4) is 0 Å². The van der Waals surface area contributed by atoms with E-state index >= 15 is 0 Å². The SMILES string of the molecule is Cc1cccc(C(=O)NC[C@@H](c2ccc(C)o2)N2CCCC2)c1. The zero-order valence-electron chi connectivity index (χ0n) is 13.8. The molecule has 1 aromatic heterocycles. The normalized spacial score (nSPS) is 16.4. The number of amides is 1. The molecule has 3 rings (SSSR count). The lowest BCUT2D eigenvalue weighted by atomic mass is 10.1. The Morgan fingerprint density at radius 2 is 2.00 bits per heavy atom. The predicted octanol–water partition coefficient (Wildman–Crippen LogP) is 3.46. The Morgan fingerprint density at radius 3 is 2.65 bits per heavy atom. The molecule has 2 aromatic rings. The summed E-state index contributed by atoms with van der Waals surface area (Å²) >= 11 is 0. The van der Waals surface area contributed by atoms with Gasteiger partial charge in [0.05, 0.1) is 6.04 Å². The van der Waals surface area contributed by atoms with Gasteiger partial charge in [0.1, 0.15) is 11.5 Å². The molecule has 1 N–H and O–H groups in total. The van der Waals surface area contributed by atoms with Gasteiger partial charge in [-0.15, -0.1) is 0 Å². The van der Waals surface area contributed by atoms with Crippen molar-refractivity contribution >= 4 is 5.91 Å². The molecule has 2 heterocycles. The second-order valence-electron chi connectivity index (χ2n) is 6.29. The second kappa shape index (κ2) is 7.01. The summed E-state index contributed by atoms with van der Waals surface area (Å²) in [5.41, 5.74) is 1.80. The van der Waals surface area contributed by atoms with Crippen LogP contribution in [0.1, 0.15) is 46.3 Å². The van der Waals surface area contributed by atoms with Gasteiger partial charge in [0.2, 0.25) is 0 Å². The molecule has 0 aliphatic carbocycles. The standard InChI is InChI=1S/C19H24N2O2/c1-14-6-5-7-16(12-14)19(22)20-13-17(21-10-3-4-11-21)18-9-8-15(2)23-18/h5-9,12,17H,3-4,10-11,13H2,1-2H3,(H,20,22)/t17-/m0/s1. The van der Waals surface area contributed by atoms with Crippen molar-refractivity contribution in [3.63, 3.8) is 0 Å². The van der Waals surface area contributed by atoms with Crippen molar-refractivity contribution in [2.45, 2.75) is 32.7 Å². The summed E-state index contributed by atoms with van der Waals surface area (Å²) < 4.78 is 5.82. The Labute approximate surface area is 137 Å². The molecule has 1 saturated heterocycles. The van der Waals surface area contributed by atoms with E-state index in [4.69, 9.17) is 4.42 Å². The van der Waals surface area contributed by atoms with E-state index in [1.807, 2.05) is 50.2 Å². The molecule has 0 radical (unpaired) electrons. The van der Waals surface area contributed by atoms with E-state index in [0.29, 0.717) is 12.1 Å². The first kappa shape index (κ1) is 15.8. The third-order valence-corrected chi connectivity index (χ3v) is 4.41. The number of nitrogens with one attached hydrogen (secondary N) is 1. The van der Waals surface area contributed by atoms with Crippen LogP contribution in [-0.4, -0.2) is 30.4 Å². The number of hydrogen-bond acceptors (Lipinski definition) is 3. The molecule has 4 nitrogen and oxygen atoms in total. The van der Waals surface area contributed by atoms with Gasteiger partial charge in [-0.2, -0.15) is 0 Å². The van der Waals surface area contributed by atoms with E-state index in [0.717, 1.165) is 30.2 Å². The van der Waals surface area contributed by atoms with E-state index in [-0.39, 0.29) is 11.9 Å². The summed E-state index contributed by atoms with van der Waals surface area (Å²) in [5, 5.41) is 3.07. The van der Waals surface area contributed by atoms with Gasteiger partial charge in [-0.3, -0.25) is 9.69 Å². The van der Waals surface area contributed by atoms with Crippen LogP contribution in [0.4, 0.5) is 0 Å². The maximum Gasteiger partial charge on any atom is 0.251 e. The van der Waals surface area contributed by atoms with Crippen LogP contribution in [0.3, 0.4) is 0 Å². The first-order valence-corrected chi connectivity index (χ1v) is 8.29. The number of furan rings is 1. The van der Waals surface area contributed by atoms with E-state index in [1.54, 1.807) is 0 Å². The number of hydrogen-bond donors (Lipinski definition) is 1. The van der Waals surface area contributed by atoms with Crippen LogP contribution in [0, 0.1) is 13.8 Å². The number of carbonyl (C=O) groups is 1. The summed E-state index contributed by atoms with van der Waals surface area (Å²) in [6, 6.07) is 11.8. The van der Waals surface area contributed by atoms with Crippen LogP contribution < -0.4 is 5.32 Å². The minimum atomic E-state index is -0.0267. The highest BCUT2D eigenvalue weighted by molar-refractivity contribution is 5.94. The third kappa shape index (κ3) is 3.82. The number of rotatable bonds is 5. The lowest BCUT2D eigenvalue weighted by molar-refractivity contribution is 0.0933. The summed E-state index contributed by atoms with van der Waals surface area (Å²) in [4.78, 5) is 14.8.